The Morgan fingerprint density at radius 2 is 2.47 bits per heavy atom. The monoisotopic (exact) mass is 206 g/mol. The fourth-order valence-corrected chi connectivity index (χ4v) is 1.97. The molecule has 0 aromatic carbocycles. The smallest absolute Gasteiger partial charge is 0.356 e. The van der Waals surface area contributed by atoms with Crippen LogP contribution >= 0.6 is 0 Å². The van der Waals surface area contributed by atoms with Crippen molar-refractivity contribution in [2.45, 2.75) is 13.3 Å². The lowest BCUT2D eigenvalue weighted by atomic mass is 10.2. The van der Waals surface area contributed by atoms with Gasteiger partial charge in [0.05, 0.1) is 5.69 Å². The molecule has 80 valence electrons. The van der Waals surface area contributed by atoms with Gasteiger partial charge < -0.3 is 10.0 Å². The van der Waals surface area contributed by atoms with E-state index in [1.165, 1.54) is 6.20 Å². The van der Waals surface area contributed by atoms with E-state index >= 15 is 0 Å². The molecule has 0 radical (unpaired) electrons. The van der Waals surface area contributed by atoms with Crippen LogP contribution in [0.4, 0.5) is 5.69 Å². The van der Waals surface area contributed by atoms with Gasteiger partial charge in [0.25, 0.3) is 0 Å². The lowest BCUT2D eigenvalue weighted by molar-refractivity contribution is 0.0691. The Balaban J connectivity index is 2.31. The number of aromatic carboxylic acids is 1. The average molecular weight is 206 g/mol. The number of nitrogens with zero attached hydrogens (tertiary/aromatic N) is 2. The van der Waals surface area contributed by atoms with Crippen molar-refractivity contribution in [1.82, 2.24) is 4.98 Å². The van der Waals surface area contributed by atoms with E-state index < -0.39 is 5.97 Å². The van der Waals surface area contributed by atoms with E-state index in [2.05, 4.69) is 16.8 Å². The molecule has 1 saturated heterocycles. The fourth-order valence-electron chi connectivity index (χ4n) is 1.97. The first-order chi connectivity index (χ1) is 7.18. The average Bonchev–Trinajstić information content (AvgIpc) is 2.65. The van der Waals surface area contributed by atoms with Crippen LogP contribution in [0.3, 0.4) is 0 Å². The number of anilines is 1. The second-order valence-electron chi connectivity index (χ2n) is 4.02. The molecule has 0 spiro atoms. The van der Waals surface area contributed by atoms with Crippen LogP contribution in [0.2, 0.25) is 0 Å². The molecule has 4 nitrogen and oxygen atoms in total. The standard InChI is InChI=1S/C11H14N2O2/c1-8-4-6-13(7-8)9-3-2-5-12-10(9)11(14)15/h2-3,5,8H,4,6-7H2,1H3,(H,14,15)/t8-/m1/s1. The number of pyridine rings is 1. The summed E-state index contributed by atoms with van der Waals surface area (Å²) in [6, 6.07) is 3.61. The topological polar surface area (TPSA) is 53.4 Å². The number of rotatable bonds is 2. The lowest BCUT2D eigenvalue weighted by Gasteiger charge is -2.19. The summed E-state index contributed by atoms with van der Waals surface area (Å²) in [5.74, 6) is -0.322. The zero-order valence-corrected chi connectivity index (χ0v) is 8.68. The highest BCUT2D eigenvalue weighted by atomic mass is 16.4. The largest absolute Gasteiger partial charge is 0.476 e. The number of aromatic nitrogens is 1. The third kappa shape index (κ3) is 1.93. The quantitative estimate of drug-likeness (QED) is 0.799. The van der Waals surface area contributed by atoms with Crippen molar-refractivity contribution in [3.05, 3.63) is 24.0 Å². The van der Waals surface area contributed by atoms with Crippen LogP contribution < -0.4 is 4.90 Å². The van der Waals surface area contributed by atoms with Gasteiger partial charge in [0.15, 0.2) is 5.69 Å². The minimum atomic E-state index is -0.954. The first-order valence-electron chi connectivity index (χ1n) is 5.11. The maximum Gasteiger partial charge on any atom is 0.356 e. The summed E-state index contributed by atoms with van der Waals surface area (Å²) < 4.78 is 0. The molecule has 0 saturated carbocycles. The van der Waals surface area contributed by atoms with Gasteiger partial charge in [-0.15, -0.1) is 0 Å². The lowest BCUT2D eigenvalue weighted by Crippen LogP contribution is -2.22. The van der Waals surface area contributed by atoms with E-state index in [9.17, 15) is 4.79 Å². The Kier molecular flexibility index (Phi) is 2.58. The van der Waals surface area contributed by atoms with Crippen molar-refractivity contribution in [2.75, 3.05) is 18.0 Å². The molecule has 1 aromatic heterocycles. The summed E-state index contributed by atoms with van der Waals surface area (Å²) in [5, 5.41) is 9.00. The number of carbonyl (C=O) groups is 1. The van der Waals surface area contributed by atoms with E-state index in [4.69, 9.17) is 5.11 Å². The number of hydrogen-bond donors (Lipinski definition) is 1. The summed E-state index contributed by atoms with van der Waals surface area (Å²) in [5.41, 5.74) is 0.904. The number of carboxylic acid groups (broad SMARTS) is 1. The van der Waals surface area contributed by atoms with E-state index in [0.717, 1.165) is 25.2 Å². The van der Waals surface area contributed by atoms with Gasteiger partial charge in [-0.2, -0.15) is 0 Å². The zero-order valence-electron chi connectivity index (χ0n) is 8.68. The van der Waals surface area contributed by atoms with E-state index in [1.807, 2.05) is 6.07 Å². The van der Waals surface area contributed by atoms with Crippen molar-refractivity contribution in [2.24, 2.45) is 5.92 Å². The Labute approximate surface area is 88.6 Å². The zero-order chi connectivity index (χ0) is 10.8. The highest BCUT2D eigenvalue weighted by molar-refractivity contribution is 5.92. The molecule has 0 bridgehead atoms. The van der Waals surface area contributed by atoms with Crippen LogP contribution in [-0.2, 0) is 0 Å². The minimum Gasteiger partial charge on any atom is -0.476 e. The molecular formula is C11H14N2O2. The molecule has 1 aliphatic rings. The molecule has 2 rings (SSSR count). The molecule has 2 heterocycles. The highest BCUT2D eigenvalue weighted by Crippen LogP contribution is 2.25. The van der Waals surface area contributed by atoms with Crippen molar-refractivity contribution in [1.29, 1.82) is 0 Å². The van der Waals surface area contributed by atoms with Crippen LogP contribution in [0.1, 0.15) is 23.8 Å². The Hall–Kier alpha value is -1.58. The van der Waals surface area contributed by atoms with E-state index in [0.29, 0.717) is 5.92 Å². The number of carboxylic acids is 1. The predicted molar refractivity (Wildman–Crippen MR) is 57.2 cm³/mol. The summed E-state index contributed by atoms with van der Waals surface area (Å²) >= 11 is 0. The maximum absolute atomic E-state index is 11.0. The second kappa shape index (κ2) is 3.88. The summed E-state index contributed by atoms with van der Waals surface area (Å²) in [6.07, 6.45) is 2.64. The first kappa shape index (κ1) is 9.96. The molecule has 0 unspecified atom stereocenters. The van der Waals surface area contributed by atoms with Gasteiger partial charge in [0.1, 0.15) is 0 Å². The van der Waals surface area contributed by atoms with Gasteiger partial charge in [0.2, 0.25) is 0 Å². The van der Waals surface area contributed by atoms with Gasteiger partial charge in [-0.05, 0) is 24.5 Å². The van der Waals surface area contributed by atoms with Crippen LogP contribution in [0.25, 0.3) is 0 Å². The van der Waals surface area contributed by atoms with E-state index in [-0.39, 0.29) is 5.69 Å². The van der Waals surface area contributed by atoms with E-state index in [1.54, 1.807) is 6.07 Å². The third-order valence-electron chi connectivity index (χ3n) is 2.75. The first-order valence-corrected chi connectivity index (χ1v) is 5.11. The molecule has 15 heavy (non-hydrogen) atoms. The van der Waals surface area contributed by atoms with Gasteiger partial charge in [-0.1, -0.05) is 6.92 Å². The normalized spacial score (nSPS) is 20.6. The molecule has 0 aliphatic carbocycles. The molecule has 1 N–H and O–H groups in total. The second-order valence-corrected chi connectivity index (χ2v) is 4.02. The summed E-state index contributed by atoms with van der Waals surface area (Å²) in [4.78, 5) is 17.0. The van der Waals surface area contributed by atoms with Crippen LogP contribution in [0, 0.1) is 5.92 Å². The molecule has 1 aromatic rings. The van der Waals surface area contributed by atoms with Gasteiger partial charge in [-0.25, -0.2) is 9.78 Å². The minimum absolute atomic E-state index is 0.159. The van der Waals surface area contributed by atoms with Crippen molar-refractivity contribution < 1.29 is 9.90 Å². The van der Waals surface area contributed by atoms with Crippen molar-refractivity contribution >= 4 is 11.7 Å². The van der Waals surface area contributed by atoms with Crippen LogP contribution in [0.5, 0.6) is 0 Å². The molecule has 1 aliphatic heterocycles. The number of hydrogen-bond acceptors (Lipinski definition) is 3. The van der Waals surface area contributed by atoms with Gasteiger partial charge in [0, 0.05) is 19.3 Å². The molecule has 0 amide bonds. The molecule has 1 atom stereocenters. The summed E-state index contributed by atoms with van der Waals surface area (Å²) in [6.45, 7) is 4.02. The predicted octanol–water partition coefficient (Wildman–Crippen LogP) is 1.63. The van der Waals surface area contributed by atoms with Crippen molar-refractivity contribution in [3.8, 4) is 0 Å². The Morgan fingerprint density at radius 1 is 1.67 bits per heavy atom. The Bertz CT molecular complexity index is 379. The molecule has 4 heteroatoms. The third-order valence-corrected chi connectivity index (χ3v) is 2.75. The Morgan fingerprint density at radius 3 is 3.07 bits per heavy atom. The fraction of sp³-hybridized carbons (Fsp3) is 0.455. The highest BCUT2D eigenvalue weighted by Gasteiger charge is 2.23. The van der Waals surface area contributed by atoms with Crippen molar-refractivity contribution in [3.63, 3.8) is 0 Å². The van der Waals surface area contributed by atoms with Gasteiger partial charge in [-0.3, -0.25) is 0 Å². The van der Waals surface area contributed by atoms with Crippen LogP contribution in [0.15, 0.2) is 18.3 Å². The molecular weight excluding hydrogens is 192 g/mol. The maximum atomic E-state index is 11.0. The molecule has 1 fully saturated rings. The SMILES string of the molecule is C[C@@H]1CCN(c2cccnc2C(=O)O)C1. The van der Waals surface area contributed by atoms with Gasteiger partial charge >= 0.3 is 5.97 Å². The summed E-state index contributed by atoms with van der Waals surface area (Å²) in [7, 11) is 0. The van der Waals surface area contributed by atoms with Crippen LogP contribution in [-0.4, -0.2) is 29.1 Å².